The van der Waals surface area contributed by atoms with Crippen molar-refractivity contribution in [1.82, 2.24) is 0 Å². The minimum Gasteiger partial charge on any atom is -0.459 e. The first-order valence-electron chi connectivity index (χ1n) is 9.66. The number of rotatable bonds is 6. The maximum atomic E-state index is 15.3. The highest BCUT2D eigenvalue weighted by molar-refractivity contribution is 6.17. The van der Waals surface area contributed by atoms with E-state index in [1.807, 2.05) is 0 Å². The third-order valence-corrected chi connectivity index (χ3v) is 5.37. The highest BCUT2D eigenvalue weighted by Gasteiger charge is 2.94. The van der Waals surface area contributed by atoms with Gasteiger partial charge in [0.2, 0.25) is 5.41 Å². The lowest BCUT2D eigenvalue weighted by atomic mass is 9.72. The number of carbonyl (C=O) groups is 2. The van der Waals surface area contributed by atoms with E-state index >= 15 is 8.78 Å². The number of halogens is 14. The summed E-state index contributed by atoms with van der Waals surface area (Å²) in [6, 6.07) is 0.945. The lowest BCUT2D eigenvalue weighted by Crippen LogP contribution is -2.74. The molecular formula is C20H14F14O3. The molecule has 0 saturated heterocycles. The maximum absolute atomic E-state index is 15.3. The number of alkyl halides is 13. The van der Waals surface area contributed by atoms with Crippen LogP contribution in [0.5, 0.6) is 0 Å². The highest BCUT2D eigenvalue weighted by Crippen LogP contribution is 2.65. The molecule has 0 aliphatic heterocycles. The second kappa shape index (κ2) is 8.19. The Kier molecular flexibility index (Phi) is 6.77. The van der Waals surface area contributed by atoms with Gasteiger partial charge in [-0.3, -0.25) is 9.59 Å². The van der Waals surface area contributed by atoms with Crippen molar-refractivity contribution in [1.29, 1.82) is 0 Å². The van der Waals surface area contributed by atoms with E-state index in [1.165, 1.54) is 0 Å². The molecule has 0 N–H and O–H groups in total. The molecule has 0 saturated carbocycles. The van der Waals surface area contributed by atoms with Crippen LogP contribution in [0.25, 0.3) is 0 Å². The second-order valence-corrected chi connectivity index (χ2v) is 9.08. The van der Waals surface area contributed by atoms with Crippen molar-refractivity contribution in [2.24, 2.45) is 5.41 Å². The average Bonchev–Trinajstić information content (AvgIpc) is 2.98. The van der Waals surface area contributed by atoms with Gasteiger partial charge in [-0.1, -0.05) is 0 Å². The number of hydrogen-bond acceptors (Lipinski definition) is 3. The van der Waals surface area contributed by atoms with Gasteiger partial charge >= 0.3 is 41.8 Å². The van der Waals surface area contributed by atoms with Gasteiger partial charge < -0.3 is 4.74 Å². The van der Waals surface area contributed by atoms with Gasteiger partial charge in [-0.25, -0.2) is 4.39 Å². The Morgan fingerprint density at radius 2 is 1.24 bits per heavy atom. The molecular weight excluding hydrogens is 554 g/mol. The molecule has 0 radical (unpaired) electrons. The fourth-order valence-electron chi connectivity index (χ4n) is 3.48. The van der Waals surface area contributed by atoms with Crippen LogP contribution in [0.15, 0.2) is 18.2 Å². The van der Waals surface area contributed by atoms with E-state index in [0.29, 0.717) is 12.1 Å². The predicted molar refractivity (Wildman–Crippen MR) is 93.5 cm³/mol. The van der Waals surface area contributed by atoms with Gasteiger partial charge in [0.15, 0.2) is 5.78 Å². The maximum Gasteiger partial charge on any atom is 0.460 e. The van der Waals surface area contributed by atoms with Gasteiger partial charge in [0.1, 0.15) is 11.4 Å². The Morgan fingerprint density at radius 3 is 1.68 bits per heavy atom. The fourth-order valence-corrected chi connectivity index (χ4v) is 3.48. The summed E-state index contributed by atoms with van der Waals surface area (Å²) in [5.41, 5.74) is -9.01. The molecule has 1 aliphatic rings. The first kappa shape index (κ1) is 30.6. The summed E-state index contributed by atoms with van der Waals surface area (Å²) in [5.74, 6) is -46.1. The normalized spacial score (nSPS) is 20.2. The molecule has 1 aromatic carbocycles. The Labute approximate surface area is 197 Å². The van der Waals surface area contributed by atoms with Crippen molar-refractivity contribution in [3.8, 4) is 0 Å². The second-order valence-electron chi connectivity index (χ2n) is 9.08. The zero-order chi connectivity index (χ0) is 29.4. The van der Waals surface area contributed by atoms with Gasteiger partial charge in [-0.2, -0.15) is 57.1 Å². The summed E-state index contributed by atoms with van der Waals surface area (Å²) >= 11 is 0. The molecule has 0 heterocycles. The van der Waals surface area contributed by atoms with Crippen LogP contribution in [-0.2, 0) is 16.0 Å². The van der Waals surface area contributed by atoms with Crippen LogP contribution in [0.4, 0.5) is 61.5 Å². The predicted octanol–water partition coefficient (Wildman–Crippen LogP) is 6.63. The van der Waals surface area contributed by atoms with Crippen molar-refractivity contribution < 1.29 is 75.8 Å². The molecule has 0 aromatic heterocycles. The van der Waals surface area contributed by atoms with Gasteiger partial charge in [0.05, 0.1) is 0 Å². The molecule has 2 rings (SSSR count). The number of ether oxygens (including phenoxy) is 1. The smallest absolute Gasteiger partial charge is 0.459 e. The minimum atomic E-state index is -8.24. The van der Waals surface area contributed by atoms with Crippen LogP contribution in [0.1, 0.15) is 36.7 Å². The van der Waals surface area contributed by atoms with Crippen molar-refractivity contribution in [2.45, 2.75) is 68.6 Å². The van der Waals surface area contributed by atoms with E-state index in [4.69, 9.17) is 0 Å². The number of benzene rings is 1. The number of ketones is 1. The van der Waals surface area contributed by atoms with Crippen LogP contribution >= 0.6 is 0 Å². The average molecular weight is 568 g/mol. The van der Waals surface area contributed by atoms with Crippen molar-refractivity contribution in [2.75, 3.05) is 0 Å². The molecule has 1 aliphatic carbocycles. The summed E-state index contributed by atoms with van der Waals surface area (Å²) < 4.78 is 197. The standard InChI is InChI=1S/C20H14F14O3/c1-13(2,3)37-12(36)14(7-8-6-9(21)4-5-10(8)11(14)35)15(22,23)16(24,25)17(26,27)18(28,29)19(30,31)20(32,33)34/h4-6H,7H2,1-3H3/t14-/m0/s1. The van der Waals surface area contributed by atoms with Gasteiger partial charge in [-0.05, 0) is 44.5 Å². The fraction of sp³-hybridized carbons (Fsp3) is 0.600. The van der Waals surface area contributed by atoms with Gasteiger partial charge in [0.25, 0.3) is 0 Å². The summed E-state index contributed by atoms with van der Waals surface area (Å²) in [4.78, 5) is 25.4. The van der Waals surface area contributed by atoms with Crippen LogP contribution in [0.3, 0.4) is 0 Å². The number of esters is 1. The topological polar surface area (TPSA) is 43.4 Å². The largest absolute Gasteiger partial charge is 0.460 e. The van der Waals surface area contributed by atoms with E-state index in [2.05, 4.69) is 4.74 Å². The molecule has 210 valence electrons. The van der Waals surface area contributed by atoms with E-state index < -0.39 is 81.9 Å². The van der Waals surface area contributed by atoms with E-state index in [-0.39, 0.29) is 6.07 Å². The first-order chi connectivity index (χ1) is 16.1. The Balaban J connectivity index is 2.86. The lowest BCUT2D eigenvalue weighted by molar-refractivity contribution is -0.444. The number of fused-ring (bicyclic) bond motifs is 1. The molecule has 1 atom stereocenters. The van der Waals surface area contributed by atoms with E-state index in [0.717, 1.165) is 20.8 Å². The summed E-state index contributed by atoms with van der Waals surface area (Å²) in [5, 5.41) is 0. The summed E-state index contributed by atoms with van der Waals surface area (Å²) in [7, 11) is 0. The molecule has 0 fully saturated rings. The SMILES string of the molecule is CC(C)(C)OC(=O)[C@]1(C(F)(F)C(F)(F)C(F)(F)C(F)(F)C(F)(F)C(F)(F)F)Cc2cc(F)ccc2C1=O. The Hall–Kier alpha value is -2.62. The Bertz CT molecular complexity index is 1100. The van der Waals surface area contributed by atoms with Crippen LogP contribution in [0.2, 0.25) is 0 Å². The lowest BCUT2D eigenvalue weighted by Gasteiger charge is -2.44. The molecule has 0 amide bonds. The van der Waals surface area contributed by atoms with Gasteiger partial charge in [0, 0.05) is 12.0 Å². The zero-order valence-electron chi connectivity index (χ0n) is 18.5. The molecule has 0 spiro atoms. The van der Waals surface area contributed by atoms with Crippen LogP contribution in [-0.4, -0.2) is 53.1 Å². The first-order valence-corrected chi connectivity index (χ1v) is 9.66. The zero-order valence-corrected chi connectivity index (χ0v) is 18.5. The molecule has 0 unspecified atom stereocenters. The number of carbonyl (C=O) groups excluding carboxylic acids is 2. The van der Waals surface area contributed by atoms with Crippen molar-refractivity contribution >= 4 is 11.8 Å². The third kappa shape index (κ3) is 4.02. The summed E-state index contributed by atoms with van der Waals surface area (Å²) in [6.07, 6.45) is -9.72. The van der Waals surface area contributed by atoms with Crippen LogP contribution < -0.4 is 0 Å². The molecule has 1 aromatic rings. The number of Topliss-reactive ketones (excluding diaryl/α,β-unsaturated/α-hetero) is 1. The van der Waals surface area contributed by atoms with E-state index in [9.17, 15) is 62.3 Å². The monoisotopic (exact) mass is 568 g/mol. The Morgan fingerprint density at radius 1 is 0.784 bits per heavy atom. The van der Waals surface area contributed by atoms with Gasteiger partial charge in [-0.15, -0.1) is 0 Å². The van der Waals surface area contributed by atoms with Crippen molar-refractivity contribution in [3.05, 3.63) is 35.1 Å². The highest BCUT2D eigenvalue weighted by atomic mass is 19.4. The molecule has 3 nitrogen and oxygen atoms in total. The third-order valence-electron chi connectivity index (χ3n) is 5.37. The summed E-state index contributed by atoms with van der Waals surface area (Å²) in [6.45, 7) is 2.69. The molecule has 37 heavy (non-hydrogen) atoms. The molecule has 0 bridgehead atoms. The van der Waals surface area contributed by atoms with E-state index in [1.54, 1.807) is 0 Å². The van der Waals surface area contributed by atoms with Crippen LogP contribution in [0, 0.1) is 11.2 Å². The molecule has 17 heteroatoms. The minimum absolute atomic E-state index is 0.220. The quantitative estimate of drug-likeness (QED) is 0.220. The number of hydrogen-bond donors (Lipinski definition) is 0. The van der Waals surface area contributed by atoms with Crippen molar-refractivity contribution in [3.63, 3.8) is 0 Å².